The fourth-order valence-corrected chi connectivity index (χ4v) is 5.58. The van der Waals surface area contributed by atoms with E-state index in [1.54, 1.807) is 11.3 Å². The second-order valence-corrected chi connectivity index (χ2v) is 9.15. The van der Waals surface area contributed by atoms with Crippen molar-refractivity contribution in [3.05, 3.63) is 22.4 Å². The van der Waals surface area contributed by atoms with Gasteiger partial charge in [0.2, 0.25) is 5.91 Å². The molecule has 3 nitrogen and oxygen atoms in total. The van der Waals surface area contributed by atoms with Gasteiger partial charge in [0.1, 0.15) is 0 Å². The number of carbonyl (C=O) groups excluding carboxylic acids is 1. The molecule has 0 radical (unpaired) electrons. The summed E-state index contributed by atoms with van der Waals surface area (Å²) in [5.74, 6) is 0.232. The van der Waals surface area contributed by atoms with Crippen LogP contribution in [0.2, 0.25) is 0 Å². The van der Waals surface area contributed by atoms with Gasteiger partial charge in [0.25, 0.3) is 0 Å². The lowest BCUT2D eigenvalue weighted by molar-refractivity contribution is -0.351. The van der Waals surface area contributed by atoms with Crippen LogP contribution in [0.3, 0.4) is 0 Å². The molecule has 3 saturated carbocycles. The van der Waals surface area contributed by atoms with Crippen molar-refractivity contribution >= 4 is 17.2 Å². The average molecular weight is 372 g/mol. The second-order valence-electron chi connectivity index (χ2n) is 8.12. The van der Waals surface area contributed by atoms with Crippen molar-refractivity contribution in [1.82, 2.24) is 10.2 Å². The van der Waals surface area contributed by atoms with Crippen molar-refractivity contribution in [1.29, 1.82) is 0 Å². The molecule has 0 spiro atoms. The van der Waals surface area contributed by atoms with E-state index in [1.165, 1.54) is 4.88 Å². The molecule has 25 heavy (non-hydrogen) atoms. The molecule has 4 fully saturated rings. The van der Waals surface area contributed by atoms with Gasteiger partial charge < -0.3 is 5.32 Å². The van der Waals surface area contributed by atoms with E-state index in [0.717, 1.165) is 32.5 Å². The van der Waals surface area contributed by atoms with Crippen molar-refractivity contribution < 1.29 is 18.0 Å². The molecule has 1 aliphatic heterocycles. The van der Waals surface area contributed by atoms with Gasteiger partial charge in [-0.3, -0.25) is 9.69 Å². The second kappa shape index (κ2) is 5.98. The van der Waals surface area contributed by atoms with Gasteiger partial charge in [-0.05, 0) is 56.0 Å². The number of rotatable bonds is 5. The number of nitrogens with one attached hydrogen (secondary N) is 1. The van der Waals surface area contributed by atoms with Crippen LogP contribution in [-0.2, 0) is 11.3 Å². The monoisotopic (exact) mass is 372 g/mol. The van der Waals surface area contributed by atoms with Gasteiger partial charge in [-0.1, -0.05) is 6.07 Å². The maximum absolute atomic E-state index is 12.9. The van der Waals surface area contributed by atoms with Crippen LogP contribution >= 0.6 is 11.3 Å². The predicted molar refractivity (Wildman–Crippen MR) is 90.1 cm³/mol. The first-order valence-corrected chi connectivity index (χ1v) is 9.80. The molecule has 0 unspecified atom stereocenters. The maximum atomic E-state index is 12.9. The Morgan fingerprint density at radius 2 is 2.12 bits per heavy atom. The van der Waals surface area contributed by atoms with Crippen LogP contribution < -0.4 is 5.32 Å². The number of likely N-dealkylation sites (tertiary alicyclic amines) is 1. The fourth-order valence-electron chi connectivity index (χ4n) is 4.84. The van der Waals surface area contributed by atoms with Crippen molar-refractivity contribution in [2.24, 2.45) is 16.7 Å². The Hall–Kier alpha value is -1.08. The molecule has 0 aromatic carbocycles. The van der Waals surface area contributed by atoms with Gasteiger partial charge in [0.05, 0.1) is 10.8 Å². The molecule has 138 valence electrons. The zero-order valence-corrected chi connectivity index (χ0v) is 14.9. The number of amides is 1. The van der Waals surface area contributed by atoms with Crippen LogP contribution in [0.25, 0.3) is 0 Å². The topological polar surface area (TPSA) is 32.3 Å². The minimum atomic E-state index is -4.15. The number of piperidine rings is 1. The first-order valence-electron chi connectivity index (χ1n) is 8.92. The molecule has 7 heteroatoms. The van der Waals surface area contributed by atoms with E-state index in [0.29, 0.717) is 12.5 Å². The fraction of sp³-hybridized carbons (Fsp3) is 0.722. The van der Waals surface area contributed by atoms with Gasteiger partial charge in [0.15, 0.2) is 0 Å². The van der Waals surface area contributed by atoms with Gasteiger partial charge in [-0.25, -0.2) is 0 Å². The van der Waals surface area contributed by atoms with Gasteiger partial charge in [-0.2, -0.15) is 13.2 Å². The van der Waals surface area contributed by atoms with E-state index in [9.17, 15) is 18.0 Å². The summed E-state index contributed by atoms with van der Waals surface area (Å²) in [7, 11) is 0. The third-order valence-electron chi connectivity index (χ3n) is 6.23. The van der Waals surface area contributed by atoms with E-state index in [2.05, 4.69) is 27.7 Å². The van der Waals surface area contributed by atoms with Gasteiger partial charge in [-0.15, -0.1) is 11.3 Å². The lowest BCUT2D eigenvalue weighted by Gasteiger charge is -2.69. The van der Waals surface area contributed by atoms with Crippen molar-refractivity contribution in [2.75, 3.05) is 19.6 Å². The lowest BCUT2D eigenvalue weighted by atomic mass is 9.34. The average Bonchev–Trinajstić information content (AvgIpc) is 2.94. The molecular weight excluding hydrogens is 349 g/mol. The summed E-state index contributed by atoms with van der Waals surface area (Å²) in [5.41, 5.74) is -2.27. The highest BCUT2D eigenvalue weighted by molar-refractivity contribution is 7.09. The van der Waals surface area contributed by atoms with Crippen LogP contribution in [0.15, 0.2) is 17.5 Å². The van der Waals surface area contributed by atoms with Crippen LogP contribution in [0.4, 0.5) is 13.2 Å². The molecule has 1 amide bonds. The minimum absolute atomic E-state index is 0.00942. The third kappa shape index (κ3) is 2.99. The first-order chi connectivity index (χ1) is 11.8. The maximum Gasteiger partial charge on any atom is 0.394 e. The van der Waals surface area contributed by atoms with Crippen molar-refractivity contribution in [3.63, 3.8) is 0 Å². The van der Waals surface area contributed by atoms with E-state index < -0.39 is 17.0 Å². The summed E-state index contributed by atoms with van der Waals surface area (Å²) < 4.78 is 38.7. The van der Waals surface area contributed by atoms with E-state index in [4.69, 9.17) is 0 Å². The summed E-state index contributed by atoms with van der Waals surface area (Å²) in [5, 5.41) is 5.03. The Balaban J connectivity index is 1.23. The Kier molecular flexibility index (Phi) is 4.15. The Labute approximate surface area is 149 Å². The molecule has 1 aromatic rings. The van der Waals surface area contributed by atoms with E-state index in [1.807, 2.05) is 0 Å². The quantitative estimate of drug-likeness (QED) is 0.853. The van der Waals surface area contributed by atoms with Gasteiger partial charge in [0, 0.05) is 24.5 Å². The van der Waals surface area contributed by atoms with Crippen LogP contribution in [-0.4, -0.2) is 36.6 Å². The zero-order chi connectivity index (χ0) is 17.7. The molecule has 1 aromatic heterocycles. The van der Waals surface area contributed by atoms with Crippen molar-refractivity contribution in [3.8, 4) is 0 Å². The van der Waals surface area contributed by atoms with E-state index in [-0.39, 0.29) is 25.2 Å². The minimum Gasteiger partial charge on any atom is -0.355 e. The number of alkyl halides is 3. The predicted octanol–water partition coefficient (Wildman–Crippen LogP) is 3.81. The molecule has 5 rings (SSSR count). The zero-order valence-electron chi connectivity index (χ0n) is 14.1. The molecule has 1 atom stereocenters. The number of carbonyl (C=O) groups is 1. The number of nitrogens with zero attached hydrogens (tertiary/aromatic N) is 1. The Morgan fingerprint density at radius 3 is 2.76 bits per heavy atom. The lowest BCUT2D eigenvalue weighted by Crippen LogP contribution is -2.72. The highest BCUT2D eigenvalue weighted by atomic mass is 32.1. The molecule has 3 aliphatic carbocycles. The highest BCUT2D eigenvalue weighted by Gasteiger charge is 2.80. The highest BCUT2D eigenvalue weighted by Crippen LogP contribution is 2.78. The number of thiophene rings is 1. The molecule has 1 N–H and O–H groups in total. The molecular formula is C18H23F3N2OS. The molecule has 4 aliphatic rings. The van der Waals surface area contributed by atoms with Crippen LogP contribution in [0.5, 0.6) is 0 Å². The van der Waals surface area contributed by atoms with Gasteiger partial charge >= 0.3 is 6.18 Å². The number of hydrogen-bond donors (Lipinski definition) is 1. The van der Waals surface area contributed by atoms with Crippen LogP contribution in [0.1, 0.15) is 37.0 Å². The van der Waals surface area contributed by atoms with Crippen LogP contribution in [0, 0.1) is 16.7 Å². The molecule has 2 heterocycles. The Morgan fingerprint density at radius 1 is 1.36 bits per heavy atom. The van der Waals surface area contributed by atoms with E-state index >= 15 is 0 Å². The molecule has 2 bridgehead atoms. The standard InChI is InChI=1S/C18H23F3N2OS/c19-18(20,21)17-10-16(11-17,12-17)15(24)22-7-13-3-1-5-23(8-13)9-14-4-2-6-25-14/h2,4,6,13H,1,3,5,7-12H2,(H,22,24)/t13-,16?,17?/m0/s1. The summed E-state index contributed by atoms with van der Waals surface area (Å²) in [4.78, 5) is 16.1. The summed E-state index contributed by atoms with van der Waals surface area (Å²) in [6.45, 7) is 3.54. The molecule has 1 saturated heterocycles. The normalized spacial score (nSPS) is 34.9. The SMILES string of the molecule is O=C(NC[C@@H]1CCCN(Cc2cccs2)C1)C12CC(C(F)(F)F)(C1)C2. The third-order valence-corrected chi connectivity index (χ3v) is 7.09. The Bertz CT molecular complexity index is 623. The van der Waals surface area contributed by atoms with Crippen molar-refractivity contribution in [2.45, 2.75) is 44.8 Å². The number of halogens is 3. The smallest absolute Gasteiger partial charge is 0.355 e. The number of hydrogen-bond acceptors (Lipinski definition) is 3. The summed E-state index contributed by atoms with van der Waals surface area (Å²) in [6.07, 6.45) is -2.00. The largest absolute Gasteiger partial charge is 0.394 e. The summed E-state index contributed by atoms with van der Waals surface area (Å²) >= 11 is 1.75. The summed E-state index contributed by atoms with van der Waals surface area (Å²) in [6, 6.07) is 4.19. The first kappa shape index (κ1) is 17.3.